The van der Waals surface area contributed by atoms with Gasteiger partial charge >= 0.3 is 36.4 Å². The van der Waals surface area contributed by atoms with Crippen LogP contribution in [0.1, 0.15) is 111 Å². The minimum Gasteiger partial charge on any atom is -0.460 e. The summed E-state index contributed by atoms with van der Waals surface area (Å²) in [7, 11) is 0. The Balaban J connectivity index is 0.743. The number of nitrogens with zero attached hydrogens (tertiary/aromatic N) is 10. The first-order chi connectivity index (χ1) is 46.3. The molecule has 0 bridgehead atoms. The third-order valence-electron chi connectivity index (χ3n) is 18.4. The SMILES string of the molecule is CC1=C(C(=O)OCCOC2CCCCO2)C(c2ccc(C#N)cc2)N(CCCN2CCN(CCN3CCN(CCCN4C(=O)N(c5cccc(C(F)(F)F)c5)C(C)=C(C(=O)OCCOC5CCCCO5)C4c4ccc(C#N)cc4)CC3)CC2)C(=O)N1c1cccc(C(F)(F)F)c1. The fraction of sp³-hybridized carbons (Fsp3) is 0.514. The van der Waals surface area contributed by atoms with Gasteiger partial charge in [0.1, 0.15) is 13.2 Å². The van der Waals surface area contributed by atoms with Gasteiger partial charge in [0, 0.05) is 103 Å². The third kappa shape index (κ3) is 17.8. The van der Waals surface area contributed by atoms with Crippen molar-refractivity contribution in [3.8, 4) is 12.1 Å². The summed E-state index contributed by atoms with van der Waals surface area (Å²) in [4.78, 5) is 73.4. The van der Waals surface area contributed by atoms with E-state index in [1.54, 1.807) is 48.5 Å². The summed E-state index contributed by atoms with van der Waals surface area (Å²) in [6.07, 6.45) is -4.25. The van der Waals surface area contributed by atoms with E-state index in [0.29, 0.717) is 74.2 Å². The number of piperazine rings is 2. The lowest BCUT2D eigenvalue weighted by atomic mass is 9.92. The Kier molecular flexibility index (Phi) is 24.3. The number of rotatable bonds is 25. The molecule has 4 amide bonds. The number of anilines is 2. The Morgan fingerprint density at radius 1 is 0.500 bits per heavy atom. The topological polar surface area (TPSA) is 197 Å². The van der Waals surface area contributed by atoms with Crippen LogP contribution >= 0.6 is 0 Å². The number of urea groups is 2. The number of nitriles is 2. The smallest absolute Gasteiger partial charge is 0.416 e. The number of benzene rings is 4. The fourth-order valence-corrected chi connectivity index (χ4v) is 13.3. The monoisotopic (exact) mass is 1340 g/mol. The highest BCUT2D eigenvalue weighted by Crippen LogP contribution is 2.44. The summed E-state index contributed by atoms with van der Waals surface area (Å²) in [5.74, 6) is -1.55. The molecule has 0 radical (unpaired) electrons. The van der Waals surface area contributed by atoms with Gasteiger partial charge in [-0.15, -0.1) is 0 Å². The first-order valence-corrected chi connectivity index (χ1v) is 33.0. The third-order valence-corrected chi connectivity index (χ3v) is 18.4. The molecule has 4 aromatic carbocycles. The molecule has 4 unspecified atom stereocenters. The maximum atomic E-state index is 14.9. The average Bonchev–Trinajstić information content (AvgIpc) is 0.758. The highest BCUT2D eigenvalue weighted by molar-refractivity contribution is 6.04. The van der Waals surface area contributed by atoms with Crippen molar-refractivity contribution in [2.24, 2.45) is 0 Å². The van der Waals surface area contributed by atoms with Gasteiger partial charge in [-0.3, -0.25) is 19.6 Å². The molecule has 4 saturated heterocycles. The van der Waals surface area contributed by atoms with Gasteiger partial charge in [0.15, 0.2) is 12.6 Å². The maximum absolute atomic E-state index is 14.9. The van der Waals surface area contributed by atoms with Crippen molar-refractivity contribution in [3.63, 3.8) is 0 Å². The Hall–Kier alpha value is -7.92. The molecule has 4 aromatic rings. The molecular weight excluding hydrogens is 1250 g/mol. The van der Waals surface area contributed by atoms with Crippen LogP contribution in [0.2, 0.25) is 0 Å². The lowest BCUT2D eigenvalue weighted by molar-refractivity contribution is -0.172. The molecule has 0 aliphatic carbocycles. The van der Waals surface area contributed by atoms with Gasteiger partial charge in [0.2, 0.25) is 0 Å². The van der Waals surface area contributed by atoms with Crippen LogP contribution < -0.4 is 9.80 Å². The molecular formula is C70H82F6N10O10. The van der Waals surface area contributed by atoms with Crippen LogP contribution in [0.15, 0.2) is 120 Å². The van der Waals surface area contributed by atoms with Gasteiger partial charge in [-0.1, -0.05) is 36.4 Å². The largest absolute Gasteiger partial charge is 0.460 e. The summed E-state index contributed by atoms with van der Waals surface area (Å²) in [6.45, 7) is 13.1. The molecule has 26 heteroatoms. The van der Waals surface area contributed by atoms with E-state index < -0.39 is 72.1 Å². The molecule has 96 heavy (non-hydrogen) atoms. The van der Waals surface area contributed by atoms with Crippen LogP contribution in [0.4, 0.5) is 47.3 Å². The molecule has 514 valence electrons. The van der Waals surface area contributed by atoms with Gasteiger partial charge in [-0.25, -0.2) is 19.2 Å². The van der Waals surface area contributed by atoms with Crippen molar-refractivity contribution in [1.29, 1.82) is 10.5 Å². The number of allylic oxidation sites excluding steroid dienone is 2. The summed E-state index contributed by atoms with van der Waals surface area (Å²) in [5.41, 5.74) is -0.00204. The first-order valence-electron chi connectivity index (χ1n) is 33.0. The summed E-state index contributed by atoms with van der Waals surface area (Å²) < 4.78 is 120. The van der Waals surface area contributed by atoms with Crippen molar-refractivity contribution in [2.75, 3.05) is 141 Å². The minimum absolute atomic E-state index is 0.0356. The average molecular weight is 1340 g/mol. The van der Waals surface area contributed by atoms with Crippen molar-refractivity contribution in [2.45, 2.75) is 102 Å². The lowest BCUT2D eigenvalue weighted by Crippen LogP contribution is -2.53. The van der Waals surface area contributed by atoms with E-state index in [1.807, 2.05) is 0 Å². The van der Waals surface area contributed by atoms with Crippen LogP contribution in [0.3, 0.4) is 0 Å². The number of carbonyl (C=O) groups is 4. The van der Waals surface area contributed by atoms with Gasteiger partial charge in [0.25, 0.3) is 0 Å². The van der Waals surface area contributed by atoms with Gasteiger partial charge < -0.3 is 48.0 Å². The molecule has 20 nitrogen and oxygen atoms in total. The molecule has 0 spiro atoms. The highest BCUT2D eigenvalue weighted by Gasteiger charge is 2.46. The molecule has 6 aliphatic heterocycles. The second-order valence-corrected chi connectivity index (χ2v) is 24.7. The Labute approximate surface area is 555 Å². The number of amides is 4. The number of esters is 2. The van der Waals surface area contributed by atoms with Crippen LogP contribution in [0, 0.1) is 22.7 Å². The molecule has 4 atom stereocenters. The van der Waals surface area contributed by atoms with Gasteiger partial charge in [0.05, 0.1) is 82.2 Å². The summed E-state index contributed by atoms with van der Waals surface area (Å²) in [5, 5.41) is 19.3. The highest BCUT2D eigenvalue weighted by atomic mass is 19.4. The number of hydrogen-bond donors (Lipinski definition) is 0. The van der Waals surface area contributed by atoms with Crippen molar-refractivity contribution >= 4 is 35.4 Å². The Morgan fingerprint density at radius 3 is 1.20 bits per heavy atom. The number of hydrogen-bond acceptors (Lipinski definition) is 16. The molecule has 4 fully saturated rings. The Bertz CT molecular complexity index is 3250. The molecule has 10 rings (SSSR count). The molecule has 6 aliphatic rings. The molecule has 0 saturated carbocycles. The zero-order valence-electron chi connectivity index (χ0n) is 54.2. The maximum Gasteiger partial charge on any atom is 0.416 e. The van der Waals surface area contributed by atoms with E-state index in [9.17, 15) is 56.0 Å². The molecule has 0 aromatic heterocycles. The zero-order valence-corrected chi connectivity index (χ0v) is 54.2. The predicted molar refractivity (Wildman–Crippen MR) is 341 cm³/mol. The van der Waals surface area contributed by atoms with Gasteiger partial charge in [-0.2, -0.15) is 36.9 Å². The summed E-state index contributed by atoms with van der Waals surface area (Å²) in [6, 6.07) is 22.8. The van der Waals surface area contributed by atoms with Crippen molar-refractivity contribution in [1.82, 2.24) is 29.4 Å². The predicted octanol–water partition coefficient (Wildman–Crippen LogP) is 10.9. The van der Waals surface area contributed by atoms with E-state index in [2.05, 4.69) is 31.7 Å². The standard InChI is InChI=1S/C70H82F6N10O10/c1-49-61(65(87)95-43-41-93-59-15-3-5-39-91-59)63(53-21-17-51(47-77)18-22-53)83(67(89)85(49)57-13-7-11-55(45-57)69(71,72)73)27-9-25-79-29-33-81(34-30-79)37-38-82-35-31-80(32-36-82)26-10-28-84-64(54-23-19-52(48-78)20-24-54)62(66(88)96-44-42-94-60-16-4-6-40-92-60)50(2)86(68(84)90)58-14-8-12-56(46-58)70(74,75)76/h7-8,11-14,17-24,45-46,59-60,63-64H,3-6,9-10,15-16,25-44H2,1-2H3. The number of halogens is 6. The second kappa shape index (κ2) is 32.9. The zero-order chi connectivity index (χ0) is 67.9. The van der Waals surface area contributed by atoms with E-state index in [4.69, 9.17) is 28.4 Å². The van der Waals surface area contributed by atoms with E-state index >= 15 is 0 Å². The van der Waals surface area contributed by atoms with Crippen LogP contribution in [0.5, 0.6) is 0 Å². The number of carbonyl (C=O) groups excluding carboxylic acids is 4. The van der Waals surface area contributed by atoms with Crippen LogP contribution in [-0.2, 0) is 50.4 Å². The Morgan fingerprint density at radius 2 is 0.865 bits per heavy atom. The molecule has 0 N–H and O–H groups in total. The van der Waals surface area contributed by atoms with Crippen molar-refractivity contribution < 1.29 is 73.9 Å². The normalized spacial score (nSPS) is 21.6. The summed E-state index contributed by atoms with van der Waals surface area (Å²) >= 11 is 0. The van der Waals surface area contributed by atoms with E-state index in [-0.39, 0.29) is 73.4 Å². The number of alkyl halides is 6. The van der Waals surface area contributed by atoms with Crippen LogP contribution in [0.25, 0.3) is 0 Å². The van der Waals surface area contributed by atoms with Crippen molar-refractivity contribution in [3.05, 3.63) is 153 Å². The van der Waals surface area contributed by atoms with E-state index in [1.165, 1.54) is 47.9 Å². The van der Waals surface area contributed by atoms with E-state index in [0.717, 1.165) is 125 Å². The fourth-order valence-electron chi connectivity index (χ4n) is 13.3. The van der Waals surface area contributed by atoms with Crippen LogP contribution in [-0.4, -0.2) is 197 Å². The first kappa shape index (κ1) is 70.9. The number of ether oxygens (including phenoxy) is 6. The minimum atomic E-state index is -4.71. The quantitative estimate of drug-likeness (QED) is 0.0345. The van der Waals surface area contributed by atoms with Gasteiger partial charge in [-0.05, 0) is 150 Å². The second-order valence-electron chi connectivity index (χ2n) is 24.7. The lowest BCUT2D eigenvalue weighted by Gasteiger charge is -2.43. The molecule has 6 heterocycles.